The van der Waals surface area contributed by atoms with Crippen molar-refractivity contribution in [2.24, 2.45) is 5.92 Å². The Morgan fingerprint density at radius 1 is 0.939 bits per heavy atom. The minimum Gasteiger partial charge on any atom is -0.378 e. The Morgan fingerprint density at radius 3 is 2.36 bits per heavy atom. The van der Waals surface area contributed by atoms with Crippen LogP contribution >= 0.6 is 0 Å². The molecule has 1 aromatic carbocycles. The Labute approximate surface area is 193 Å². The molecule has 9 nitrogen and oxygen atoms in total. The van der Waals surface area contributed by atoms with Gasteiger partial charge in [-0.25, -0.2) is 4.98 Å². The van der Waals surface area contributed by atoms with Gasteiger partial charge in [-0.1, -0.05) is 18.2 Å². The van der Waals surface area contributed by atoms with Gasteiger partial charge in [-0.15, -0.1) is 0 Å². The van der Waals surface area contributed by atoms with E-state index in [9.17, 15) is 9.59 Å². The molecule has 0 atom stereocenters. The van der Waals surface area contributed by atoms with Gasteiger partial charge in [-0.05, 0) is 30.9 Å². The van der Waals surface area contributed by atoms with Crippen molar-refractivity contribution in [3.05, 3.63) is 47.7 Å². The van der Waals surface area contributed by atoms with Crippen molar-refractivity contribution in [3.8, 4) is 0 Å². The summed E-state index contributed by atoms with van der Waals surface area (Å²) < 4.78 is 5.48. The molecule has 1 saturated carbocycles. The van der Waals surface area contributed by atoms with E-state index in [1.54, 1.807) is 6.07 Å². The fourth-order valence-electron chi connectivity index (χ4n) is 4.16. The Balaban J connectivity index is 1.31. The number of benzene rings is 1. The lowest BCUT2D eigenvalue weighted by atomic mass is 10.2. The van der Waals surface area contributed by atoms with E-state index in [1.165, 1.54) is 12.8 Å². The third kappa shape index (κ3) is 5.24. The summed E-state index contributed by atoms with van der Waals surface area (Å²) in [5, 5.41) is 3.02. The van der Waals surface area contributed by atoms with Gasteiger partial charge in [0.15, 0.2) is 0 Å². The number of carbonyl (C=O) groups excluding carboxylic acids is 2. The Hall–Kier alpha value is -3.20. The molecule has 9 heteroatoms. The van der Waals surface area contributed by atoms with E-state index in [1.807, 2.05) is 35.2 Å². The summed E-state index contributed by atoms with van der Waals surface area (Å²) in [5.41, 5.74) is 1.09. The molecule has 1 N–H and O–H groups in total. The van der Waals surface area contributed by atoms with Gasteiger partial charge < -0.3 is 24.8 Å². The zero-order chi connectivity index (χ0) is 22.6. The average Bonchev–Trinajstić information content (AvgIpc) is 3.72. The summed E-state index contributed by atoms with van der Waals surface area (Å²) in [7, 11) is 0. The standard InChI is InChI=1S/C24H30N6O3/c31-22(25-17-18-6-7-18)20-16-21(28-12-14-33-15-13-28)27-24(26-20)30-10-8-29(9-11-30)23(32)19-4-2-1-3-5-19/h1-5,16,18H,6-15,17H2,(H,25,31). The van der Waals surface area contributed by atoms with Crippen molar-refractivity contribution >= 4 is 23.6 Å². The molecule has 2 aromatic rings. The van der Waals surface area contributed by atoms with Crippen molar-refractivity contribution in [2.75, 3.05) is 68.8 Å². The quantitative estimate of drug-likeness (QED) is 0.712. The fourth-order valence-corrected chi connectivity index (χ4v) is 4.16. The maximum atomic E-state index is 12.8. The first kappa shape index (κ1) is 21.6. The highest BCUT2D eigenvalue weighted by Gasteiger charge is 2.27. The van der Waals surface area contributed by atoms with Crippen molar-refractivity contribution in [3.63, 3.8) is 0 Å². The maximum Gasteiger partial charge on any atom is 0.270 e. The van der Waals surface area contributed by atoms with Gasteiger partial charge in [0.25, 0.3) is 11.8 Å². The molecule has 3 heterocycles. The number of anilines is 2. The largest absolute Gasteiger partial charge is 0.378 e. The van der Waals surface area contributed by atoms with Gasteiger partial charge in [0.2, 0.25) is 5.95 Å². The van der Waals surface area contributed by atoms with Crippen LogP contribution in [0.2, 0.25) is 0 Å². The molecule has 0 bridgehead atoms. The number of nitrogens with zero attached hydrogens (tertiary/aromatic N) is 5. The van der Waals surface area contributed by atoms with Gasteiger partial charge in [0, 0.05) is 57.4 Å². The second-order valence-electron chi connectivity index (χ2n) is 8.81. The number of hydrogen-bond acceptors (Lipinski definition) is 7. The van der Waals surface area contributed by atoms with E-state index < -0.39 is 0 Å². The molecule has 0 radical (unpaired) electrons. The van der Waals surface area contributed by atoms with Gasteiger partial charge in [0.1, 0.15) is 11.5 Å². The summed E-state index contributed by atoms with van der Waals surface area (Å²) in [5.74, 6) is 1.78. The summed E-state index contributed by atoms with van der Waals surface area (Å²) >= 11 is 0. The van der Waals surface area contributed by atoms with E-state index in [2.05, 4.69) is 20.1 Å². The molecule has 3 aliphatic rings. The molecule has 2 saturated heterocycles. The van der Waals surface area contributed by atoms with E-state index in [0.29, 0.717) is 69.1 Å². The molecule has 5 rings (SSSR count). The topological polar surface area (TPSA) is 90.9 Å². The van der Waals surface area contributed by atoms with E-state index in [4.69, 9.17) is 9.72 Å². The van der Waals surface area contributed by atoms with E-state index in [-0.39, 0.29) is 11.8 Å². The second kappa shape index (κ2) is 9.74. The molecule has 174 valence electrons. The first-order chi connectivity index (χ1) is 16.2. The van der Waals surface area contributed by atoms with Gasteiger partial charge in [-0.2, -0.15) is 4.98 Å². The first-order valence-corrected chi connectivity index (χ1v) is 11.8. The molecular weight excluding hydrogens is 420 g/mol. The van der Waals surface area contributed by atoms with Gasteiger partial charge in [-0.3, -0.25) is 9.59 Å². The highest BCUT2D eigenvalue weighted by atomic mass is 16.5. The van der Waals surface area contributed by atoms with Gasteiger partial charge >= 0.3 is 0 Å². The van der Waals surface area contributed by atoms with Crippen molar-refractivity contribution in [2.45, 2.75) is 12.8 Å². The highest BCUT2D eigenvalue weighted by molar-refractivity contribution is 5.94. The lowest BCUT2D eigenvalue weighted by Crippen LogP contribution is -2.49. The number of amides is 2. The van der Waals surface area contributed by atoms with Crippen LogP contribution in [0.15, 0.2) is 36.4 Å². The van der Waals surface area contributed by atoms with Gasteiger partial charge in [0.05, 0.1) is 13.2 Å². The maximum absolute atomic E-state index is 12.8. The number of rotatable bonds is 6. The molecule has 0 unspecified atom stereocenters. The Bertz CT molecular complexity index is 983. The lowest BCUT2D eigenvalue weighted by Gasteiger charge is -2.35. The molecule has 2 aliphatic heterocycles. The monoisotopic (exact) mass is 450 g/mol. The van der Waals surface area contributed by atoms with Crippen molar-refractivity contribution < 1.29 is 14.3 Å². The van der Waals surface area contributed by atoms with E-state index >= 15 is 0 Å². The number of ether oxygens (including phenoxy) is 1. The third-order valence-corrected chi connectivity index (χ3v) is 6.39. The Kier molecular flexibility index (Phi) is 6.39. The zero-order valence-electron chi connectivity index (χ0n) is 18.8. The summed E-state index contributed by atoms with van der Waals surface area (Å²) in [6.07, 6.45) is 2.36. The van der Waals surface area contributed by atoms with Crippen LogP contribution in [0.4, 0.5) is 11.8 Å². The number of hydrogen-bond donors (Lipinski definition) is 1. The molecule has 33 heavy (non-hydrogen) atoms. The molecule has 1 aliphatic carbocycles. The number of carbonyl (C=O) groups is 2. The van der Waals surface area contributed by atoms with Crippen LogP contribution in [0.3, 0.4) is 0 Å². The van der Waals surface area contributed by atoms with Crippen LogP contribution < -0.4 is 15.1 Å². The van der Waals surface area contributed by atoms with Crippen LogP contribution in [-0.2, 0) is 4.74 Å². The van der Waals surface area contributed by atoms with Crippen LogP contribution in [0, 0.1) is 5.92 Å². The van der Waals surface area contributed by atoms with Crippen LogP contribution in [0.1, 0.15) is 33.7 Å². The molecule has 0 spiro atoms. The molecule has 2 amide bonds. The third-order valence-electron chi connectivity index (χ3n) is 6.39. The summed E-state index contributed by atoms with van der Waals surface area (Å²) in [4.78, 5) is 41.1. The summed E-state index contributed by atoms with van der Waals surface area (Å²) in [6.45, 7) is 5.86. The molecule has 3 fully saturated rings. The van der Waals surface area contributed by atoms with E-state index in [0.717, 1.165) is 18.9 Å². The minimum atomic E-state index is -0.155. The highest BCUT2D eigenvalue weighted by Crippen LogP contribution is 2.28. The smallest absolute Gasteiger partial charge is 0.270 e. The predicted molar refractivity (Wildman–Crippen MR) is 125 cm³/mol. The zero-order valence-corrected chi connectivity index (χ0v) is 18.8. The summed E-state index contributed by atoms with van der Waals surface area (Å²) in [6, 6.07) is 11.1. The Morgan fingerprint density at radius 2 is 1.67 bits per heavy atom. The number of morpholine rings is 1. The first-order valence-electron chi connectivity index (χ1n) is 11.8. The van der Waals surface area contributed by atoms with Crippen LogP contribution in [-0.4, -0.2) is 85.7 Å². The second-order valence-corrected chi connectivity index (χ2v) is 8.81. The van der Waals surface area contributed by atoms with Crippen molar-refractivity contribution in [1.29, 1.82) is 0 Å². The predicted octanol–water partition coefficient (Wildman–Crippen LogP) is 1.42. The normalized spacial score (nSPS) is 18.8. The minimum absolute atomic E-state index is 0.0402. The van der Waals surface area contributed by atoms with Crippen LogP contribution in [0.5, 0.6) is 0 Å². The average molecular weight is 451 g/mol. The molecular formula is C24H30N6O3. The number of nitrogens with one attached hydrogen (secondary N) is 1. The van der Waals surface area contributed by atoms with Crippen molar-refractivity contribution in [1.82, 2.24) is 20.2 Å². The van der Waals surface area contributed by atoms with Crippen LogP contribution in [0.25, 0.3) is 0 Å². The number of aromatic nitrogens is 2. The lowest BCUT2D eigenvalue weighted by molar-refractivity contribution is 0.0746. The fraction of sp³-hybridized carbons (Fsp3) is 0.500. The number of piperazine rings is 1. The molecule has 1 aromatic heterocycles. The SMILES string of the molecule is O=C(NCC1CC1)c1cc(N2CCOCC2)nc(N2CCN(C(=O)c3ccccc3)CC2)n1.